The zero-order valence-corrected chi connectivity index (χ0v) is 26.5. The number of ether oxygens (including phenoxy) is 2. The van der Waals surface area contributed by atoms with Gasteiger partial charge in [-0.1, -0.05) is 109 Å². The first-order valence-corrected chi connectivity index (χ1v) is 16.7. The van der Waals surface area contributed by atoms with Gasteiger partial charge in [0.2, 0.25) is 0 Å². The van der Waals surface area contributed by atoms with Crippen LogP contribution in [0.15, 0.2) is 109 Å². The summed E-state index contributed by atoms with van der Waals surface area (Å²) in [6.45, 7) is 8.22. The van der Waals surface area contributed by atoms with E-state index in [0.717, 1.165) is 17.4 Å². The number of aliphatic hydroxyl groups is 1. The number of aldehydes is 1. The highest BCUT2D eigenvalue weighted by atomic mass is 79.9. The number of carbonyl (C=O) groups is 1. The van der Waals surface area contributed by atoms with Crippen molar-refractivity contribution in [2.45, 2.75) is 31.1 Å². The summed E-state index contributed by atoms with van der Waals surface area (Å²) in [5, 5.41) is 11.9. The van der Waals surface area contributed by atoms with E-state index in [-0.39, 0.29) is 18.3 Å². The predicted molar refractivity (Wildman–Crippen MR) is 173 cm³/mol. The standard InChI is InChI=1S/C25H29BrO2Si.C9H10O3/c1-25(2,3)29(23-10-6-4-7-11-23,24-12-8-5-9-13-24)28-19-18-27-22-16-14-21(20-26)15-17-22;10-5-6-12-9-3-1-8(7-11)2-4-9/h4-17H,18-20H2,1-3H3;1-4,7,10H,5-6H2. The van der Waals surface area contributed by atoms with Crippen molar-refractivity contribution in [3.8, 4) is 11.5 Å². The Hall–Kier alpha value is -3.23. The summed E-state index contributed by atoms with van der Waals surface area (Å²) < 4.78 is 17.9. The molecule has 216 valence electrons. The third-order valence-electron chi connectivity index (χ3n) is 6.54. The molecule has 0 bridgehead atoms. The van der Waals surface area contributed by atoms with Gasteiger partial charge in [0.15, 0.2) is 0 Å². The van der Waals surface area contributed by atoms with Crippen molar-refractivity contribution in [3.63, 3.8) is 0 Å². The van der Waals surface area contributed by atoms with Gasteiger partial charge >= 0.3 is 0 Å². The van der Waals surface area contributed by atoms with Crippen molar-refractivity contribution in [1.29, 1.82) is 0 Å². The smallest absolute Gasteiger partial charge is 0.261 e. The van der Waals surface area contributed by atoms with Gasteiger partial charge in [0.05, 0.1) is 13.2 Å². The zero-order valence-electron chi connectivity index (χ0n) is 24.0. The second kappa shape index (κ2) is 16.3. The van der Waals surface area contributed by atoms with Crippen molar-refractivity contribution in [3.05, 3.63) is 120 Å². The van der Waals surface area contributed by atoms with Gasteiger partial charge in [-0.15, -0.1) is 0 Å². The third kappa shape index (κ3) is 9.13. The number of hydrogen-bond donors (Lipinski definition) is 1. The number of aliphatic hydroxyl groups excluding tert-OH is 1. The molecule has 4 aromatic carbocycles. The van der Waals surface area contributed by atoms with Gasteiger partial charge in [0, 0.05) is 10.9 Å². The number of alkyl halides is 1. The molecule has 4 aromatic rings. The lowest BCUT2D eigenvalue weighted by Gasteiger charge is -2.43. The molecule has 5 nitrogen and oxygen atoms in total. The largest absolute Gasteiger partial charge is 0.491 e. The second-order valence-corrected chi connectivity index (χ2v) is 15.3. The Kier molecular flexibility index (Phi) is 12.8. The minimum absolute atomic E-state index is 0.00453. The average Bonchev–Trinajstić information content (AvgIpc) is 3.01. The van der Waals surface area contributed by atoms with Gasteiger partial charge in [-0.2, -0.15) is 0 Å². The molecule has 0 saturated heterocycles. The normalized spacial score (nSPS) is 11.2. The lowest BCUT2D eigenvalue weighted by molar-refractivity contribution is 0.112. The quantitative estimate of drug-likeness (QED) is 0.0845. The van der Waals surface area contributed by atoms with Gasteiger partial charge in [-0.05, 0) is 57.4 Å². The van der Waals surface area contributed by atoms with E-state index in [1.54, 1.807) is 24.3 Å². The van der Waals surface area contributed by atoms with E-state index < -0.39 is 8.32 Å². The molecule has 1 N–H and O–H groups in total. The summed E-state index contributed by atoms with van der Waals surface area (Å²) in [4.78, 5) is 10.3. The van der Waals surface area contributed by atoms with Gasteiger partial charge < -0.3 is 19.0 Å². The van der Waals surface area contributed by atoms with Crippen LogP contribution in [-0.2, 0) is 9.76 Å². The topological polar surface area (TPSA) is 65.0 Å². The number of rotatable bonds is 12. The minimum Gasteiger partial charge on any atom is -0.491 e. The molecule has 0 amide bonds. The maximum Gasteiger partial charge on any atom is 0.261 e. The average molecular weight is 636 g/mol. The van der Waals surface area contributed by atoms with E-state index in [2.05, 4.69) is 109 Å². The van der Waals surface area contributed by atoms with Gasteiger partial charge in [0.1, 0.15) is 31.0 Å². The highest BCUT2D eigenvalue weighted by Crippen LogP contribution is 2.36. The summed E-state index contributed by atoms with van der Waals surface area (Å²) in [7, 11) is -2.49. The van der Waals surface area contributed by atoms with E-state index in [9.17, 15) is 4.79 Å². The van der Waals surface area contributed by atoms with Gasteiger partial charge in [0.25, 0.3) is 8.32 Å². The molecule has 7 heteroatoms. The first kappa shape index (κ1) is 32.3. The minimum atomic E-state index is -2.49. The number of halogens is 1. The molecule has 0 aliphatic rings. The third-order valence-corrected chi connectivity index (χ3v) is 12.2. The molecule has 0 saturated carbocycles. The Labute approximate surface area is 253 Å². The Bertz CT molecular complexity index is 1250. The fraction of sp³-hybridized carbons (Fsp3) is 0.265. The van der Waals surface area contributed by atoms with Gasteiger partial charge in [-0.3, -0.25) is 4.79 Å². The van der Waals surface area contributed by atoms with Crippen molar-refractivity contribution < 1.29 is 23.8 Å². The van der Waals surface area contributed by atoms with Crippen LogP contribution in [0.25, 0.3) is 0 Å². The van der Waals surface area contributed by atoms with Crippen LogP contribution in [0.2, 0.25) is 5.04 Å². The number of carbonyl (C=O) groups excluding carboxylic acids is 1. The summed E-state index contributed by atoms with van der Waals surface area (Å²) in [6.07, 6.45) is 0.774. The second-order valence-electron chi connectivity index (χ2n) is 10.4. The van der Waals surface area contributed by atoms with E-state index in [4.69, 9.17) is 19.0 Å². The molecule has 0 spiro atoms. The Morgan fingerprint density at radius 2 is 1.20 bits per heavy atom. The molecule has 0 aromatic heterocycles. The van der Waals surface area contributed by atoms with Crippen LogP contribution in [0.4, 0.5) is 0 Å². The molecule has 0 radical (unpaired) electrons. The first-order valence-electron chi connectivity index (χ1n) is 13.7. The highest BCUT2D eigenvalue weighted by molar-refractivity contribution is 9.08. The lowest BCUT2D eigenvalue weighted by Crippen LogP contribution is -2.66. The molecule has 0 unspecified atom stereocenters. The van der Waals surface area contributed by atoms with Crippen LogP contribution in [0.3, 0.4) is 0 Å². The van der Waals surface area contributed by atoms with Crippen LogP contribution in [0, 0.1) is 0 Å². The molecule has 0 atom stereocenters. The fourth-order valence-electron chi connectivity index (χ4n) is 4.60. The molecule has 0 fully saturated rings. The first-order chi connectivity index (χ1) is 19.8. The highest BCUT2D eigenvalue weighted by Gasteiger charge is 2.50. The van der Waals surface area contributed by atoms with Crippen LogP contribution >= 0.6 is 15.9 Å². The zero-order chi connectivity index (χ0) is 29.6. The van der Waals surface area contributed by atoms with Crippen molar-refractivity contribution in [1.82, 2.24) is 0 Å². The van der Waals surface area contributed by atoms with Crippen molar-refractivity contribution in [2.75, 3.05) is 26.4 Å². The van der Waals surface area contributed by atoms with E-state index >= 15 is 0 Å². The lowest BCUT2D eigenvalue weighted by atomic mass is 10.2. The Morgan fingerprint density at radius 1 is 0.707 bits per heavy atom. The van der Waals surface area contributed by atoms with Crippen LogP contribution in [0.1, 0.15) is 36.7 Å². The predicted octanol–water partition coefficient (Wildman–Crippen LogP) is 6.41. The summed E-state index contributed by atoms with van der Waals surface area (Å²) in [5.74, 6) is 1.54. The fourth-order valence-corrected chi connectivity index (χ4v) is 9.52. The summed E-state index contributed by atoms with van der Waals surface area (Å²) in [5.41, 5.74) is 1.85. The van der Waals surface area contributed by atoms with Crippen LogP contribution in [0.5, 0.6) is 11.5 Å². The summed E-state index contributed by atoms with van der Waals surface area (Å²) in [6, 6.07) is 36.3. The molecular weight excluding hydrogens is 596 g/mol. The Morgan fingerprint density at radius 3 is 1.63 bits per heavy atom. The Balaban J connectivity index is 0.000000322. The van der Waals surface area contributed by atoms with E-state index in [0.29, 0.717) is 24.5 Å². The molecule has 0 heterocycles. The monoisotopic (exact) mass is 634 g/mol. The SMILES string of the molecule is CC(C)(C)[Si](OCCOc1ccc(CBr)cc1)(c1ccccc1)c1ccccc1.O=Cc1ccc(OCCO)cc1. The van der Waals surface area contributed by atoms with Crippen LogP contribution in [-0.4, -0.2) is 46.1 Å². The molecule has 0 aliphatic heterocycles. The molecule has 4 rings (SSSR count). The molecule has 0 aliphatic carbocycles. The van der Waals surface area contributed by atoms with E-state index in [1.807, 2.05) is 12.1 Å². The van der Waals surface area contributed by atoms with Gasteiger partial charge in [-0.25, -0.2) is 0 Å². The maximum atomic E-state index is 10.3. The van der Waals surface area contributed by atoms with Crippen molar-refractivity contribution >= 4 is 40.9 Å². The van der Waals surface area contributed by atoms with E-state index in [1.165, 1.54) is 15.9 Å². The van der Waals surface area contributed by atoms with Crippen molar-refractivity contribution in [2.24, 2.45) is 0 Å². The number of hydrogen-bond acceptors (Lipinski definition) is 5. The van der Waals surface area contributed by atoms with Crippen LogP contribution < -0.4 is 19.8 Å². The maximum absolute atomic E-state index is 10.3. The molecular formula is C34H39BrO5Si. The summed E-state index contributed by atoms with van der Waals surface area (Å²) >= 11 is 3.47. The molecule has 41 heavy (non-hydrogen) atoms. The number of benzene rings is 4.